The molecule has 4 amide bonds. The number of ether oxygens (including phenoxy) is 2. The Hall–Kier alpha value is -3.39. The van der Waals surface area contributed by atoms with E-state index in [2.05, 4.69) is 24.1 Å². The fraction of sp³-hybridized carbons (Fsp3) is 0.705. The Balaban J connectivity index is 1.86. The Morgan fingerprint density at radius 3 is 2.00 bits per heavy atom. The van der Waals surface area contributed by atoms with E-state index < -0.39 is 36.1 Å². The van der Waals surface area contributed by atoms with E-state index in [0.717, 1.165) is 23.4 Å². The zero-order valence-electron chi connectivity index (χ0n) is 37.1. The molecule has 12 nitrogen and oxygen atoms in total. The maximum Gasteiger partial charge on any atom is 0.245 e. The summed E-state index contributed by atoms with van der Waals surface area (Å²) >= 11 is 1.51. The molecule has 1 aromatic carbocycles. The minimum atomic E-state index is -0.709. The van der Waals surface area contributed by atoms with Crippen LogP contribution in [0.15, 0.2) is 41.9 Å². The molecule has 57 heavy (non-hydrogen) atoms. The molecule has 13 heteroatoms. The number of likely N-dealkylation sites (N-methyl/N-ethyl adjacent to an activating group) is 3. The number of likely N-dealkylation sites (tertiary alicyclic amines) is 1. The fourth-order valence-electron chi connectivity index (χ4n) is 8.92. The monoisotopic (exact) mass is 813 g/mol. The van der Waals surface area contributed by atoms with E-state index >= 15 is 0 Å². The van der Waals surface area contributed by atoms with Crippen LogP contribution in [-0.2, 0) is 35.1 Å². The Morgan fingerprint density at radius 2 is 1.49 bits per heavy atom. The third-order valence-electron chi connectivity index (χ3n) is 12.1. The first kappa shape index (κ1) is 48.0. The van der Waals surface area contributed by atoms with Crippen LogP contribution in [0.3, 0.4) is 0 Å². The van der Waals surface area contributed by atoms with Crippen LogP contribution in [-0.4, -0.2) is 134 Å². The smallest absolute Gasteiger partial charge is 0.245 e. The Kier molecular flexibility index (Phi) is 18.6. The van der Waals surface area contributed by atoms with Crippen LogP contribution in [0.5, 0.6) is 0 Å². The Morgan fingerprint density at radius 1 is 0.877 bits per heavy atom. The molecule has 1 aromatic heterocycles. The van der Waals surface area contributed by atoms with Crippen LogP contribution in [0.2, 0.25) is 0 Å². The van der Waals surface area contributed by atoms with Gasteiger partial charge in [-0.1, -0.05) is 92.1 Å². The lowest BCUT2D eigenvalue weighted by molar-refractivity contribution is -0.157. The van der Waals surface area contributed by atoms with Crippen molar-refractivity contribution < 1.29 is 28.7 Å². The van der Waals surface area contributed by atoms with Crippen LogP contribution >= 0.6 is 11.3 Å². The van der Waals surface area contributed by atoms with Crippen molar-refractivity contribution >= 4 is 35.0 Å². The predicted octanol–water partition coefficient (Wildman–Crippen LogP) is 5.78. The van der Waals surface area contributed by atoms with Crippen molar-refractivity contribution in [2.45, 2.75) is 123 Å². The summed E-state index contributed by atoms with van der Waals surface area (Å²) in [7, 11) is 10.5. The van der Waals surface area contributed by atoms with Crippen LogP contribution in [0.1, 0.15) is 91.3 Å². The van der Waals surface area contributed by atoms with Crippen molar-refractivity contribution in [1.29, 1.82) is 0 Å². The number of benzene rings is 1. The molecule has 0 bridgehead atoms. The SMILES string of the molecule is CCC(C)[C@@H]([C@H](OC)[C@@H](C)C(=O)N1CCC[C@H]1[C@H](OC)[C@@H](C)C(=O)N[C@@H](Cc1ccccc1)c1nccs1)N(C)C(=O)[C@H](C(C)C)N(C)C(=O)[C@H](C(C)C)N(C)C. The summed E-state index contributed by atoms with van der Waals surface area (Å²) in [6, 6.07) is 7.85. The predicted molar refractivity (Wildman–Crippen MR) is 228 cm³/mol. The minimum absolute atomic E-state index is 0.0235. The first-order valence-corrected chi connectivity index (χ1v) is 21.6. The molecule has 2 heterocycles. The first-order valence-electron chi connectivity index (χ1n) is 20.7. The van der Waals surface area contributed by atoms with Gasteiger partial charge in [-0.05, 0) is 56.7 Å². The number of carbonyl (C=O) groups is 4. The summed E-state index contributed by atoms with van der Waals surface area (Å²) < 4.78 is 12.3. The number of rotatable bonds is 21. The highest BCUT2D eigenvalue weighted by Gasteiger charge is 2.46. The van der Waals surface area contributed by atoms with Crippen molar-refractivity contribution in [1.82, 2.24) is 29.9 Å². The van der Waals surface area contributed by atoms with E-state index in [4.69, 9.17) is 9.47 Å². The van der Waals surface area contributed by atoms with Crippen LogP contribution in [0.4, 0.5) is 0 Å². The number of nitrogens with one attached hydrogen (secondary N) is 1. The highest BCUT2D eigenvalue weighted by Crippen LogP contribution is 2.33. The van der Waals surface area contributed by atoms with Gasteiger partial charge in [-0.15, -0.1) is 11.3 Å². The highest BCUT2D eigenvalue weighted by molar-refractivity contribution is 7.09. The zero-order chi connectivity index (χ0) is 42.7. The van der Waals surface area contributed by atoms with E-state index in [9.17, 15) is 19.2 Å². The summed E-state index contributed by atoms with van der Waals surface area (Å²) in [5.74, 6) is -1.87. The molecule has 1 fully saturated rings. The van der Waals surface area contributed by atoms with Gasteiger partial charge >= 0.3 is 0 Å². The summed E-state index contributed by atoms with van der Waals surface area (Å²) in [5.41, 5.74) is 1.09. The lowest BCUT2D eigenvalue weighted by Crippen LogP contribution is -2.61. The quantitative estimate of drug-likeness (QED) is 0.169. The second kappa shape index (κ2) is 22.1. The molecular weight excluding hydrogens is 741 g/mol. The first-order chi connectivity index (χ1) is 26.9. The zero-order valence-corrected chi connectivity index (χ0v) is 37.9. The molecule has 3 rings (SSSR count). The van der Waals surface area contributed by atoms with E-state index in [1.165, 1.54) is 11.3 Å². The number of hydrogen-bond donors (Lipinski definition) is 1. The van der Waals surface area contributed by atoms with Gasteiger partial charge < -0.3 is 29.5 Å². The maximum atomic E-state index is 14.7. The van der Waals surface area contributed by atoms with Gasteiger partial charge in [0.15, 0.2) is 0 Å². The number of aromatic nitrogens is 1. The summed E-state index contributed by atoms with van der Waals surface area (Å²) in [4.78, 5) is 68.8. The van der Waals surface area contributed by atoms with Crippen LogP contribution < -0.4 is 5.32 Å². The topological polar surface area (TPSA) is 125 Å². The highest BCUT2D eigenvalue weighted by atomic mass is 32.1. The number of nitrogens with zero attached hydrogens (tertiary/aromatic N) is 5. The van der Waals surface area contributed by atoms with Crippen molar-refractivity contribution in [3.63, 3.8) is 0 Å². The average molecular weight is 813 g/mol. The second-order valence-electron chi connectivity index (χ2n) is 17.0. The van der Waals surface area contributed by atoms with Gasteiger partial charge in [0, 0.05) is 46.4 Å². The Bertz CT molecular complexity index is 1550. The third-order valence-corrected chi connectivity index (χ3v) is 13.0. The second-order valence-corrected chi connectivity index (χ2v) is 17.9. The largest absolute Gasteiger partial charge is 0.378 e. The van der Waals surface area contributed by atoms with Crippen molar-refractivity contribution in [2.75, 3.05) is 49.0 Å². The van der Waals surface area contributed by atoms with E-state index in [1.807, 2.05) is 101 Å². The maximum absolute atomic E-state index is 14.7. The molecule has 1 saturated heterocycles. The molecule has 10 atom stereocenters. The van der Waals surface area contributed by atoms with Gasteiger partial charge in [0.1, 0.15) is 11.0 Å². The summed E-state index contributed by atoms with van der Waals surface area (Å²) in [6.45, 7) is 16.4. The lowest BCUT2D eigenvalue weighted by atomic mass is 9.84. The lowest BCUT2D eigenvalue weighted by Gasteiger charge is -2.44. The molecule has 2 aromatic rings. The van der Waals surface area contributed by atoms with Gasteiger partial charge in [0.05, 0.1) is 48.2 Å². The summed E-state index contributed by atoms with van der Waals surface area (Å²) in [6.07, 6.45) is 3.38. The molecule has 0 saturated carbocycles. The van der Waals surface area contributed by atoms with Crippen LogP contribution in [0, 0.1) is 29.6 Å². The molecule has 1 N–H and O–H groups in total. The van der Waals surface area contributed by atoms with E-state index in [0.29, 0.717) is 19.4 Å². The van der Waals surface area contributed by atoms with Crippen LogP contribution in [0.25, 0.3) is 0 Å². The minimum Gasteiger partial charge on any atom is -0.378 e. The molecule has 1 aliphatic heterocycles. The van der Waals surface area contributed by atoms with Gasteiger partial charge in [0.2, 0.25) is 23.6 Å². The number of amides is 4. The molecule has 0 radical (unpaired) electrons. The molecule has 320 valence electrons. The van der Waals surface area contributed by atoms with Crippen molar-refractivity contribution in [2.24, 2.45) is 29.6 Å². The molecule has 1 unspecified atom stereocenters. The third kappa shape index (κ3) is 11.6. The van der Waals surface area contributed by atoms with Crippen molar-refractivity contribution in [3.8, 4) is 0 Å². The van der Waals surface area contributed by atoms with E-state index in [1.54, 1.807) is 44.3 Å². The number of hydrogen-bond acceptors (Lipinski definition) is 9. The van der Waals surface area contributed by atoms with Gasteiger partial charge in [0.25, 0.3) is 0 Å². The number of methoxy groups -OCH3 is 2. The number of thiazole rings is 1. The summed E-state index contributed by atoms with van der Waals surface area (Å²) in [5, 5.41) is 5.99. The molecule has 0 aliphatic carbocycles. The molecular formula is C44H72N6O6S. The molecule has 1 aliphatic rings. The average Bonchev–Trinajstić information content (AvgIpc) is 3.89. The van der Waals surface area contributed by atoms with E-state index in [-0.39, 0.29) is 59.5 Å². The van der Waals surface area contributed by atoms with Gasteiger partial charge in [-0.2, -0.15) is 0 Å². The van der Waals surface area contributed by atoms with Gasteiger partial charge in [-0.3, -0.25) is 24.1 Å². The fourth-order valence-corrected chi connectivity index (χ4v) is 9.61. The standard InChI is InChI=1S/C44H72N6O6S/c1-15-29(6)37(49(12)44(54)36(28(4)5)48(11)43(53)35(27(2)3)47(9)10)39(56-14)31(8)42(52)50-24-19-22-34(50)38(55-13)30(7)40(51)46-33(41-45-23-25-57-41)26-32-20-17-16-18-21-32/h16-18,20-21,23,25,27-31,33-39H,15,19,22,24,26H2,1-14H3,(H,46,51)/t29?,30-,31-,33+,34+,35+,36+,37+,38-,39-/m1/s1. The van der Waals surface area contributed by atoms with Crippen molar-refractivity contribution in [3.05, 3.63) is 52.5 Å². The normalized spacial score (nSPS) is 19.4. The van der Waals surface area contributed by atoms with Gasteiger partial charge in [-0.25, -0.2) is 4.98 Å². The Labute approximate surface area is 347 Å². The number of carbonyl (C=O) groups excluding carboxylic acids is 4. The molecule has 0 spiro atoms.